The number of halogens is 1. The van der Waals surface area contributed by atoms with Gasteiger partial charge in [0.2, 0.25) is 0 Å². The standard InChI is InChI=1S/C16H10ClNO/c17-14-7-8-15(16(10-14)18-19)13-6-5-11-3-1-2-4-12(11)9-13/h1-10H. The highest BCUT2D eigenvalue weighted by Gasteiger charge is 2.07. The van der Waals surface area contributed by atoms with Crippen LogP contribution in [0.2, 0.25) is 5.02 Å². The number of hydrogen-bond donors (Lipinski definition) is 0. The summed E-state index contributed by atoms with van der Waals surface area (Å²) in [6.45, 7) is 0. The molecule has 0 aliphatic carbocycles. The van der Waals surface area contributed by atoms with E-state index in [0.29, 0.717) is 10.7 Å². The van der Waals surface area contributed by atoms with E-state index < -0.39 is 0 Å². The van der Waals surface area contributed by atoms with E-state index in [9.17, 15) is 4.91 Å². The minimum absolute atomic E-state index is 0.364. The van der Waals surface area contributed by atoms with E-state index in [2.05, 4.69) is 11.2 Å². The third-order valence-electron chi connectivity index (χ3n) is 3.12. The molecule has 0 unspecified atom stereocenters. The summed E-state index contributed by atoms with van der Waals surface area (Å²) in [5.41, 5.74) is 2.12. The van der Waals surface area contributed by atoms with Crippen molar-refractivity contribution in [2.24, 2.45) is 5.18 Å². The van der Waals surface area contributed by atoms with Crippen molar-refractivity contribution in [2.75, 3.05) is 0 Å². The molecule has 92 valence electrons. The Kier molecular flexibility index (Phi) is 3.02. The second-order valence-corrected chi connectivity index (χ2v) is 4.75. The first-order chi connectivity index (χ1) is 9.28. The van der Waals surface area contributed by atoms with Gasteiger partial charge in [-0.2, -0.15) is 0 Å². The Morgan fingerprint density at radius 3 is 2.42 bits per heavy atom. The maximum atomic E-state index is 10.9. The van der Waals surface area contributed by atoms with Crippen LogP contribution >= 0.6 is 11.6 Å². The second-order valence-electron chi connectivity index (χ2n) is 4.31. The van der Waals surface area contributed by atoms with E-state index >= 15 is 0 Å². The van der Waals surface area contributed by atoms with Crippen molar-refractivity contribution in [1.82, 2.24) is 0 Å². The molecule has 3 aromatic carbocycles. The van der Waals surface area contributed by atoms with Gasteiger partial charge in [-0.1, -0.05) is 54.1 Å². The summed E-state index contributed by atoms with van der Waals surface area (Å²) in [4.78, 5) is 10.9. The van der Waals surface area contributed by atoms with Crippen molar-refractivity contribution in [2.45, 2.75) is 0 Å². The van der Waals surface area contributed by atoms with Gasteiger partial charge in [-0.3, -0.25) is 0 Å². The molecule has 3 aromatic rings. The van der Waals surface area contributed by atoms with Crippen molar-refractivity contribution in [3.05, 3.63) is 70.6 Å². The fraction of sp³-hybridized carbons (Fsp3) is 0. The number of benzene rings is 3. The summed E-state index contributed by atoms with van der Waals surface area (Å²) in [5.74, 6) is 0. The summed E-state index contributed by atoms with van der Waals surface area (Å²) in [7, 11) is 0. The lowest BCUT2D eigenvalue weighted by molar-refractivity contribution is 1.49. The van der Waals surface area contributed by atoms with Crippen LogP contribution in [0.5, 0.6) is 0 Å². The smallest absolute Gasteiger partial charge is 0.117 e. The number of hydrogen-bond acceptors (Lipinski definition) is 2. The fourth-order valence-electron chi connectivity index (χ4n) is 2.18. The van der Waals surface area contributed by atoms with Crippen molar-refractivity contribution in [1.29, 1.82) is 0 Å². The summed E-state index contributed by atoms with van der Waals surface area (Å²) >= 11 is 5.88. The Balaban J connectivity index is 2.21. The van der Waals surface area contributed by atoms with Gasteiger partial charge >= 0.3 is 0 Å². The first kappa shape index (κ1) is 11.9. The minimum atomic E-state index is 0.364. The van der Waals surface area contributed by atoms with Crippen LogP contribution in [-0.4, -0.2) is 0 Å². The molecular weight excluding hydrogens is 258 g/mol. The Morgan fingerprint density at radius 2 is 1.63 bits per heavy atom. The minimum Gasteiger partial charge on any atom is -0.145 e. The van der Waals surface area contributed by atoms with Crippen LogP contribution in [0.1, 0.15) is 0 Å². The van der Waals surface area contributed by atoms with E-state index in [1.165, 1.54) is 5.39 Å². The highest BCUT2D eigenvalue weighted by molar-refractivity contribution is 6.31. The zero-order chi connectivity index (χ0) is 13.2. The molecular formula is C16H10ClNO. The lowest BCUT2D eigenvalue weighted by Gasteiger charge is -2.06. The van der Waals surface area contributed by atoms with Crippen molar-refractivity contribution in [3.8, 4) is 11.1 Å². The summed E-state index contributed by atoms with van der Waals surface area (Å²) < 4.78 is 0. The molecule has 3 heteroatoms. The van der Waals surface area contributed by atoms with Gasteiger partial charge in [0.05, 0.1) is 0 Å². The maximum absolute atomic E-state index is 10.9. The highest BCUT2D eigenvalue weighted by atomic mass is 35.5. The predicted octanol–water partition coefficient (Wildman–Crippen LogP) is 5.56. The van der Waals surface area contributed by atoms with Crippen LogP contribution < -0.4 is 0 Å². The van der Waals surface area contributed by atoms with E-state index in [-0.39, 0.29) is 0 Å². The number of fused-ring (bicyclic) bond motifs is 1. The summed E-state index contributed by atoms with van der Waals surface area (Å²) in [6, 6.07) is 19.3. The van der Waals surface area contributed by atoms with Crippen LogP contribution in [0, 0.1) is 4.91 Å². The van der Waals surface area contributed by atoms with Crippen molar-refractivity contribution < 1.29 is 0 Å². The molecule has 0 aromatic heterocycles. The average Bonchev–Trinajstić information content (AvgIpc) is 2.46. The molecule has 2 nitrogen and oxygen atoms in total. The molecule has 0 fully saturated rings. The van der Waals surface area contributed by atoms with Gasteiger partial charge in [-0.05, 0) is 39.7 Å². The maximum Gasteiger partial charge on any atom is 0.117 e. The Morgan fingerprint density at radius 1 is 0.842 bits per heavy atom. The SMILES string of the molecule is O=Nc1cc(Cl)ccc1-c1ccc2ccccc2c1. The Labute approximate surface area is 115 Å². The van der Waals surface area contributed by atoms with Gasteiger partial charge in [-0.15, -0.1) is 4.91 Å². The Hall–Kier alpha value is -2.19. The van der Waals surface area contributed by atoms with Gasteiger partial charge in [0.25, 0.3) is 0 Å². The molecule has 19 heavy (non-hydrogen) atoms. The molecule has 0 heterocycles. The average molecular weight is 268 g/mol. The first-order valence-corrected chi connectivity index (χ1v) is 6.28. The third-order valence-corrected chi connectivity index (χ3v) is 3.35. The monoisotopic (exact) mass is 267 g/mol. The van der Waals surface area contributed by atoms with Gasteiger partial charge in [0.1, 0.15) is 5.69 Å². The number of nitrogens with zero attached hydrogens (tertiary/aromatic N) is 1. The molecule has 0 saturated carbocycles. The van der Waals surface area contributed by atoms with Crippen molar-refractivity contribution in [3.63, 3.8) is 0 Å². The highest BCUT2D eigenvalue weighted by Crippen LogP contribution is 2.34. The normalized spacial score (nSPS) is 10.6. The molecule has 0 aliphatic rings. The molecule has 0 atom stereocenters. The molecule has 0 radical (unpaired) electrons. The summed E-state index contributed by atoms with van der Waals surface area (Å²) in [5, 5.41) is 5.87. The van der Waals surface area contributed by atoms with Gasteiger partial charge in [0.15, 0.2) is 0 Å². The molecule has 0 spiro atoms. The van der Waals surface area contributed by atoms with Gasteiger partial charge in [0, 0.05) is 10.6 Å². The lowest BCUT2D eigenvalue weighted by Crippen LogP contribution is -1.80. The second kappa shape index (κ2) is 4.82. The van der Waals surface area contributed by atoms with Crippen LogP contribution in [0.15, 0.2) is 65.8 Å². The van der Waals surface area contributed by atoms with Gasteiger partial charge < -0.3 is 0 Å². The summed E-state index contributed by atoms with van der Waals surface area (Å²) in [6.07, 6.45) is 0. The predicted molar refractivity (Wildman–Crippen MR) is 79.8 cm³/mol. The van der Waals surface area contributed by atoms with Crippen LogP contribution in [-0.2, 0) is 0 Å². The molecule has 0 aliphatic heterocycles. The Bertz CT molecular complexity index is 768. The number of nitroso groups, excluding NO2 is 1. The van der Waals surface area contributed by atoms with Gasteiger partial charge in [-0.25, -0.2) is 0 Å². The van der Waals surface area contributed by atoms with E-state index in [4.69, 9.17) is 11.6 Å². The number of rotatable bonds is 2. The fourth-order valence-corrected chi connectivity index (χ4v) is 2.35. The van der Waals surface area contributed by atoms with E-state index in [1.54, 1.807) is 12.1 Å². The largest absolute Gasteiger partial charge is 0.145 e. The van der Waals surface area contributed by atoms with Crippen LogP contribution in [0.3, 0.4) is 0 Å². The third kappa shape index (κ3) is 2.23. The molecule has 0 N–H and O–H groups in total. The van der Waals surface area contributed by atoms with Crippen LogP contribution in [0.25, 0.3) is 21.9 Å². The van der Waals surface area contributed by atoms with Crippen molar-refractivity contribution >= 4 is 28.1 Å². The quantitative estimate of drug-likeness (QED) is 0.559. The lowest BCUT2D eigenvalue weighted by atomic mass is 10.00. The molecule has 3 rings (SSSR count). The molecule has 0 amide bonds. The molecule has 0 saturated heterocycles. The zero-order valence-corrected chi connectivity index (χ0v) is 10.8. The first-order valence-electron chi connectivity index (χ1n) is 5.90. The van der Waals surface area contributed by atoms with E-state index in [0.717, 1.165) is 16.5 Å². The molecule has 0 bridgehead atoms. The van der Waals surface area contributed by atoms with E-state index in [1.807, 2.05) is 42.5 Å². The zero-order valence-electron chi connectivity index (χ0n) is 10.0. The topological polar surface area (TPSA) is 29.4 Å². The van der Waals surface area contributed by atoms with Crippen LogP contribution in [0.4, 0.5) is 5.69 Å².